The van der Waals surface area contributed by atoms with Gasteiger partial charge in [-0.05, 0) is 37.6 Å². The Morgan fingerprint density at radius 2 is 2.00 bits per heavy atom. The van der Waals surface area contributed by atoms with Crippen molar-refractivity contribution in [2.24, 2.45) is 0 Å². The number of benzene rings is 2. The van der Waals surface area contributed by atoms with E-state index in [0.29, 0.717) is 27.6 Å². The molecule has 0 aliphatic heterocycles. The molecule has 2 aromatic carbocycles. The second-order valence-corrected chi connectivity index (χ2v) is 8.84. The second kappa shape index (κ2) is 9.07. The third-order valence-corrected chi connectivity index (χ3v) is 6.17. The molecule has 0 aliphatic carbocycles. The lowest BCUT2D eigenvalue weighted by atomic mass is 10.1. The molecule has 31 heavy (non-hydrogen) atoms. The smallest absolute Gasteiger partial charge is 0.262 e. The molecular formula is C22H19BrN4O3S. The van der Waals surface area contributed by atoms with E-state index in [2.05, 4.69) is 26.4 Å². The molecule has 1 atom stereocenters. The van der Waals surface area contributed by atoms with Gasteiger partial charge in [-0.2, -0.15) is 0 Å². The summed E-state index contributed by atoms with van der Waals surface area (Å²) in [6.45, 7) is 3.70. The molecule has 9 heteroatoms. The summed E-state index contributed by atoms with van der Waals surface area (Å²) < 4.78 is 7.42. The van der Waals surface area contributed by atoms with Crippen molar-refractivity contribution >= 4 is 50.3 Å². The number of amides is 1. The van der Waals surface area contributed by atoms with Gasteiger partial charge in [0.15, 0.2) is 11.0 Å². The normalized spacial score (nSPS) is 12.1. The van der Waals surface area contributed by atoms with Crippen molar-refractivity contribution in [3.05, 3.63) is 80.7 Å². The predicted octanol–water partition coefficient (Wildman–Crippen LogP) is 4.80. The minimum Gasteiger partial charge on any atom is -0.360 e. The van der Waals surface area contributed by atoms with Crippen LogP contribution in [0.25, 0.3) is 10.9 Å². The summed E-state index contributed by atoms with van der Waals surface area (Å²) >= 11 is 4.63. The minimum absolute atomic E-state index is 0.0713. The van der Waals surface area contributed by atoms with Crippen molar-refractivity contribution in [1.82, 2.24) is 14.7 Å². The fraction of sp³-hybridized carbons (Fsp3) is 0.182. The lowest BCUT2D eigenvalue weighted by Crippen LogP contribution is -2.27. The van der Waals surface area contributed by atoms with Crippen LogP contribution in [0.2, 0.25) is 0 Å². The Kier molecular flexibility index (Phi) is 6.24. The summed E-state index contributed by atoms with van der Waals surface area (Å²) in [5.41, 5.74) is 1.41. The third-order valence-electron chi connectivity index (χ3n) is 4.73. The highest BCUT2D eigenvalue weighted by Gasteiger charge is 2.19. The first-order chi connectivity index (χ1) is 14.9. The van der Waals surface area contributed by atoms with Gasteiger partial charge in [-0.15, -0.1) is 0 Å². The molecule has 4 rings (SSSR count). The number of aryl methyl sites for hydroxylation is 1. The standard InChI is InChI=1S/C22H19BrN4O3S/c1-13-10-19(26-30-13)25-20(28)12-31-22-24-18-9-8-16(23)11-17(18)21(29)27(22)14(2)15-6-4-3-5-7-15/h3-11,14H,12H2,1-2H3,(H,25,26,28). The molecule has 0 saturated carbocycles. The van der Waals surface area contributed by atoms with Crippen LogP contribution in [0.4, 0.5) is 5.82 Å². The number of halogens is 1. The summed E-state index contributed by atoms with van der Waals surface area (Å²) in [6, 6.07) is 16.5. The van der Waals surface area contributed by atoms with Gasteiger partial charge in [0.25, 0.3) is 5.56 Å². The molecule has 0 fully saturated rings. The lowest BCUT2D eigenvalue weighted by Gasteiger charge is -2.20. The first-order valence-corrected chi connectivity index (χ1v) is 11.3. The number of fused-ring (bicyclic) bond motifs is 1. The van der Waals surface area contributed by atoms with Crippen molar-refractivity contribution in [1.29, 1.82) is 0 Å². The van der Waals surface area contributed by atoms with Gasteiger partial charge in [-0.3, -0.25) is 14.2 Å². The predicted molar refractivity (Wildman–Crippen MR) is 125 cm³/mol. The van der Waals surface area contributed by atoms with Crippen molar-refractivity contribution in [2.75, 3.05) is 11.1 Å². The monoisotopic (exact) mass is 498 g/mol. The number of rotatable bonds is 6. The van der Waals surface area contributed by atoms with E-state index in [1.165, 1.54) is 11.8 Å². The zero-order valence-corrected chi connectivity index (χ0v) is 19.2. The van der Waals surface area contributed by atoms with Gasteiger partial charge in [-0.1, -0.05) is 63.2 Å². The molecule has 1 unspecified atom stereocenters. The van der Waals surface area contributed by atoms with Gasteiger partial charge in [-0.25, -0.2) is 4.98 Å². The number of nitrogens with zero attached hydrogens (tertiary/aromatic N) is 3. The SMILES string of the molecule is Cc1cc(NC(=O)CSc2nc3ccc(Br)cc3c(=O)n2C(C)c2ccccc2)no1. The largest absolute Gasteiger partial charge is 0.360 e. The van der Waals surface area contributed by atoms with Crippen LogP contribution in [0.15, 0.2) is 73.5 Å². The molecule has 0 spiro atoms. The van der Waals surface area contributed by atoms with E-state index in [1.807, 2.05) is 43.3 Å². The van der Waals surface area contributed by atoms with Crippen LogP contribution >= 0.6 is 27.7 Å². The molecule has 7 nitrogen and oxygen atoms in total. The van der Waals surface area contributed by atoms with Crippen LogP contribution in [0.5, 0.6) is 0 Å². The summed E-state index contributed by atoms with van der Waals surface area (Å²) in [6.07, 6.45) is 0. The van der Waals surface area contributed by atoms with E-state index in [4.69, 9.17) is 9.51 Å². The first kappa shape index (κ1) is 21.3. The van der Waals surface area contributed by atoms with E-state index >= 15 is 0 Å². The lowest BCUT2D eigenvalue weighted by molar-refractivity contribution is -0.113. The van der Waals surface area contributed by atoms with Crippen molar-refractivity contribution in [3.63, 3.8) is 0 Å². The fourth-order valence-electron chi connectivity index (χ4n) is 3.21. The Morgan fingerprint density at radius 1 is 1.23 bits per heavy atom. The van der Waals surface area contributed by atoms with Crippen LogP contribution in [-0.2, 0) is 4.79 Å². The zero-order valence-electron chi connectivity index (χ0n) is 16.8. The second-order valence-electron chi connectivity index (χ2n) is 6.98. The van der Waals surface area contributed by atoms with Crippen LogP contribution in [0.1, 0.15) is 24.3 Å². The molecule has 4 aromatic rings. The molecule has 0 aliphatic rings. The van der Waals surface area contributed by atoms with Gasteiger partial charge in [0, 0.05) is 10.5 Å². The number of nitrogens with one attached hydrogen (secondary N) is 1. The molecule has 0 bridgehead atoms. The Balaban J connectivity index is 1.69. The van der Waals surface area contributed by atoms with Crippen molar-refractivity contribution < 1.29 is 9.32 Å². The van der Waals surface area contributed by atoms with Crippen molar-refractivity contribution in [3.8, 4) is 0 Å². The van der Waals surface area contributed by atoms with Crippen LogP contribution in [0.3, 0.4) is 0 Å². The van der Waals surface area contributed by atoms with Gasteiger partial charge in [0.1, 0.15) is 5.76 Å². The minimum atomic E-state index is -0.262. The average Bonchev–Trinajstić information content (AvgIpc) is 3.17. The summed E-state index contributed by atoms with van der Waals surface area (Å²) in [5.74, 6) is 0.773. The van der Waals surface area contributed by atoms with E-state index < -0.39 is 0 Å². The summed E-state index contributed by atoms with van der Waals surface area (Å²) in [5, 5.41) is 7.45. The Bertz CT molecular complexity index is 1300. The molecule has 1 amide bonds. The molecule has 2 aromatic heterocycles. The molecule has 0 radical (unpaired) electrons. The quantitative estimate of drug-likeness (QED) is 0.303. The molecule has 158 valence electrons. The number of carbonyl (C=O) groups excluding carboxylic acids is 1. The van der Waals surface area contributed by atoms with Crippen LogP contribution in [0, 0.1) is 6.92 Å². The van der Waals surface area contributed by atoms with Crippen molar-refractivity contribution in [2.45, 2.75) is 25.0 Å². The number of hydrogen-bond acceptors (Lipinski definition) is 6. The Labute approximate surface area is 191 Å². The van der Waals surface area contributed by atoms with Crippen LogP contribution in [-0.4, -0.2) is 26.4 Å². The number of hydrogen-bond donors (Lipinski definition) is 1. The van der Waals surface area contributed by atoms with E-state index in [1.54, 1.807) is 29.7 Å². The van der Waals surface area contributed by atoms with Gasteiger partial charge in [0.05, 0.1) is 22.7 Å². The van der Waals surface area contributed by atoms with E-state index in [9.17, 15) is 9.59 Å². The maximum atomic E-state index is 13.4. The fourth-order valence-corrected chi connectivity index (χ4v) is 4.45. The highest BCUT2D eigenvalue weighted by Crippen LogP contribution is 2.26. The summed E-state index contributed by atoms with van der Waals surface area (Å²) in [4.78, 5) is 30.5. The number of aromatic nitrogens is 3. The molecule has 2 heterocycles. The Hall–Kier alpha value is -2.91. The van der Waals surface area contributed by atoms with Crippen LogP contribution < -0.4 is 10.9 Å². The number of carbonyl (C=O) groups is 1. The highest BCUT2D eigenvalue weighted by molar-refractivity contribution is 9.10. The zero-order chi connectivity index (χ0) is 22.0. The molecular weight excluding hydrogens is 480 g/mol. The first-order valence-electron chi connectivity index (χ1n) is 9.55. The Morgan fingerprint density at radius 3 is 2.71 bits per heavy atom. The molecule has 0 saturated heterocycles. The summed E-state index contributed by atoms with van der Waals surface area (Å²) in [7, 11) is 0. The average molecular weight is 499 g/mol. The van der Waals surface area contributed by atoms with E-state index in [-0.39, 0.29) is 23.3 Å². The van der Waals surface area contributed by atoms with Gasteiger partial charge < -0.3 is 9.84 Å². The maximum absolute atomic E-state index is 13.4. The maximum Gasteiger partial charge on any atom is 0.262 e. The van der Waals surface area contributed by atoms with Gasteiger partial charge in [0.2, 0.25) is 5.91 Å². The topological polar surface area (TPSA) is 90.0 Å². The number of thioether (sulfide) groups is 1. The molecule has 1 N–H and O–H groups in total. The van der Waals surface area contributed by atoms with Gasteiger partial charge >= 0.3 is 0 Å². The number of anilines is 1. The van der Waals surface area contributed by atoms with E-state index in [0.717, 1.165) is 10.0 Å². The highest BCUT2D eigenvalue weighted by atomic mass is 79.9. The third kappa shape index (κ3) is 4.72.